The first-order chi connectivity index (χ1) is 15.3. The Morgan fingerprint density at radius 1 is 1.12 bits per heavy atom. The summed E-state index contributed by atoms with van der Waals surface area (Å²) < 4.78 is 40.9. The SMILES string of the molecule is CCOc1ccc2c(c1)n(C1CCCC(C)C1)c(=O)n2S(=O)(=O)c1ccc(N)cc1OC. The van der Waals surface area contributed by atoms with Crippen molar-refractivity contribution >= 4 is 26.7 Å². The molecule has 4 rings (SSSR count). The number of hydrogen-bond donors (Lipinski definition) is 1. The van der Waals surface area contributed by atoms with Gasteiger partial charge in [-0.1, -0.05) is 19.8 Å². The smallest absolute Gasteiger partial charge is 0.343 e. The summed E-state index contributed by atoms with van der Waals surface area (Å²) in [5.74, 6) is 1.15. The first-order valence-electron chi connectivity index (χ1n) is 10.9. The fourth-order valence-electron chi connectivity index (χ4n) is 4.65. The molecule has 0 saturated heterocycles. The van der Waals surface area contributed by atoms with Crippen molar-refractivity contribution in [3.05, 3.63) is 46.9 Å². The number of nitrogens with two attached hydrogens (primary N) is 1. The van der Waals surface area contributed by atoms with Gasteiger partial charge in [0.2, 0.25) is 0 Å². The van der Waals surface area contributed by atoms with E-state index in [4.69, 9.17) is 15.2 Å². The molecule has 2 unspecified atom stereocenters. The molecule has 2 atom stereocenters. The topological polar surface area (TPSA) is 106 Å². The normalized spacial score (nSPS) is 19.2. The van der Waals surface area contributed by atoms with Gasteiger partial charge < -0.3 is 15.2 Å². The number of rotatable bonds is 6. The molecule has 0 spiro atoms. The summed E-state index contributed by atoms with van der Waals surface area (Å²) in [5, 5.41) is 0. The number of nitrogens with zero attached hydrogens (tertiary/aromatic N) is 2. The van der Waals surface area contributed by atoms with E-state index in [1.54, 1.807) is 22.8 Å². The van der Waals surface area contributed by atoms with E-state index in [2.05, 4.69) is 6.92 Å². The first-order valence-corrected chi connectivity index (χ1v) is 12.3. The summed E-state index contributed by atoms with van der Waals surface area (Å²) in [4.78, 5) is 13.6. The number of fused-ring (bicyclic) bond motifs is 1. The lowest BCUT2D eigenvalue weighted by molar-refractivity contribution is 0.282. The molecule has 1 aromatic heterocycles. The molecule has 0 bridgehead atoms. The number of nitrogen functional groups attached to an aromatic ring is 1. The zero-order valence-corrected chi connectivity index (χ0v) is 19.4. The van der Waals surface area contributed by atoms with E-state index in [-0.39, 0.29) is 16.7 Å². The molecule has 0 amide bonds. The largest absolute Gasteiger partial charge is 0.495 e. The molecule has 9 heteroatoms. The highest BCUT2D eigenvalue weighted by Gasteiger charge is 2.32. The third-order valence-corrected chi connectivity index (χ3v) is 7.82. The quantitative estimate of drug-likeness (QED) is 0.563. The van der Waals surface area contributed by atoms with Crippen LogP contribution in [0.4, 0.5) is 5.69 Å². The molecule has 32 heavy (non-hydrogen) atoms. The van der Waals surface area contributed by atoms with E-state index in [0.29, 0.717) is 35.0 Å². The number of benzene rings is 2. The van der Waals surface area contributed by atoms with E-state index in [1.807, 2.05) is 6.92 Å². The minimum atomic E-state index is -4.25. The Bertz CT molecular complexity index is 1310. The summed E-state index contributed by atoms with van der Waals surface area (Å²) in [5.41, 5.74) is 6.46. The summed E-state index contributed by atoms with van der Waals surface area (Å²) in [6, 6.07) is 9.29. The number of ether oxygens (including phenoxy) is 2. The third kappa shape index (κ3) is 3.74. The van der Waals surface area contributed by atoms with E-state index in [9.17, 15) is 13.2 Å². The van der Waals surface area contributed by atoms with Gasteiger partial charge in [-0.05, 0) is 49.9 Å². The average molecular weight is 460 g/mol. The number of imidazole rings is 1. The Kier molecular flexibility index (Phi) is 5.94. The van der Waals surface area contributed by atoms with Crippen LogP contribution in [0, 0.1) is 5.92 Å². The highest BCUT2D eigenvalue weighted by Crippen LogP contribution is 2.36. The molecular formula is C23H29N3O5S. The molecule has 2 N–H and O–H groups in total. The molecule has 1 heterocycles. The van der Waals surface area contributed by atoms with Crippen molar-refractivity contribution in [2.24, 2.45) is 5.92 Å². The maximum atomic E-state index is 13.7. The minimum absolute atomic E-state index is 0.0737. The van der Waals surface area contributed by atoms with E-state index >= 15 is 0 Å². The van der Waals surface area contributed by atoms with Crippen molar-refractivity contribution in [1.82, 2.24) is 8.54 Å². The Labute approximate surface area is 187 Å². The molecule has 8 nitrogen and oxygen atoms in total. The second kappa shape index (κ2) is 8.54. The molecule has 172 valence electrons. The van der Waals surface area contributed by atoms with Gasteiger partial charge in [0.05, 0.1) is 24.8 Å². The average Bonchev–Trinajstić information content (AvgIpc) is 3.05. The molecule has 1 aliphatic carbocycles. The van der Waals surface area contributed by atoms with Crippen LogP contribution in [-0.2, 0) is 10.0 Å². The van der Waals surface area contributed by atoms with Gasteiger partial charge in [0.25, 0.3) is 10.0 Å². The van der Waals surface area contributed by atoms with E-state index in [0.717, 1.165) is 29.7 Å². The lowest BCUT2D eigenvalue weighted by Crippen LogP contribution is -2.33. The second-order valence-electron chi connectivity index (χ2n) is 8.34. The van der Waals surface area contributed by atoms with Crippen molar-refractivity contribution in [2.75, 3.05) is 19.5 Å². The second-order valence-corrected chi connectivity index (χ2v) is 10.1. The van der Waals surface area contributed by atoms with Gasteiger partial charge in [0.15, 0.2) is 0 Å². The predicted octanol–water partition coefficient (Wildman–Crippen LogP) is 3.78. The zero-order valence-electron chi connectivity index (χ0n) is 18.6. The van der Waals surface area contributed by atoms with Crippen LogP contribution >= 0.6 is 0 Å². The van der Waals surface area contributed by atoms with Crippen LogP contribution in [0.3, 0.4) is 0 Å². The highest BCUT2D eigenvalue weighted by atomic mass is 32.2. The Balaban J connectivity index is 2.00. The standard InChI is InChI=1S/C23H29N3O5S/c1-4-31-18-9-10-19-20(14-18)25(17-7-5-6-15(2)12-17)23(27)26(19)32(28,29)22-11-8-16(24)13-21(22)30-3/h8-11,13-15,17H,4-7,12,24H2,1-3H3. The lowest BCUT2D eigenvalue weighted by atomic mass is 9.87. The summed E-state index contributed by atoms with van der Waals surface area (Å²) in [6.07, 6.45) is 3.75. The Hall–Kier alpha value is -2.94. The summed E-state index contributed by atoms with van der Waals surface area (Å²) in [6.45, 7) is 4.51. The zero-order chi connectivity index (χ0) is 23.0. The van der Waals surface area contributed by atoms with Crippen LogP contribution in [0.15, 0.2) is 46.1 Å². The lowest BCUT2D eigenvalue weighted by Gasteiger charge is -2.27. The van der Waals surface area contributed by atoms with Crippen LogP contribution in [0.1, 0.15) is 45.6 Å². The number of hydrogen-bond acceptors (Lipinski definition) is 6. The van der Waals surface area contributed by atoms with Crippen molar-refractivity contribution in [1.29, 1.82) is 0 Å². The minimum Gasteiger partial charge on any atom is -0.495 e. The fraction of sp³-hybridized carbons (Fsp3) is 0.435. The number of anilines is 1. The maximum Gasteiger partial charge on any atom is 0.343 e. The van der Waals surface area contributed by atoms with Gasteiger partial charge in [-0.3, -0.25) is 4.57 Å². The van der Waals surface area contributed by atoms with Crippen LogP contribution in [0.5, 0.6) is 11.5 Å². The summed E-state index contributed by atoms with van der Waals surface area (Å²) in [7, 11) is -2.88. The summed E-state index contributed by atoms with van der Waals surface area (Å²) >= 11 is 0. The van der Waals surface area contributed by atoms with Gasteiger partial charge in [0, 0.05) is 23.9 Å². The van der Waals surface area contributed by atoms with Crippen molar-refractivity contribution in [3.8, 4) is 11.5 Å². The molecule has 0 radical (unpaired) electrons. The van der Waals surface area contributed by atoms with Gasteiger partial charge in [-0.2, -0.15) is 3.97 Å². The predicted molar refractivity (Wildman–Crippen MR) is 124 cm³/mol. The molecule has 3 aromatic rings. The van der Waals surface area contributed by atoms with Crippen molar-refractivity contribution < 1.29 is 17.9 Å². The molecular weight excluding hydrogens is 430 g/mol. The fourth-order valence-corrected chi connectivity index (χ4v) is 6.19. The van der Waals surface area contributed by atoms with Gasteiger partial charge in [0.1, 0.15) is 16.4 Å². The molecule has 1 fully saturated rings. The number of aromatic nitrogens is 2. The van der Waals surface area contributed by atoms with Gasteiger partial charge in [-0.15, -0.1) is 0 Å². The van der Waals surface area contributed by atoms with Gasteiger partial charge in [-0.25, -0.2) is 13.2 Å². The molecule has 2 aromatic carbocycles. The first kappa shape index (κ1) is 22.3. The van der Waals surface area contributed by atoms with Crippen LogP contribution in [0.2, 0.25) is 0 Å². The molecule has 0 aliphatic heterocycles. The van der Waals surface area contributed by atoms with Crippen LogP contribution in [-0.4, -0.2) is 30.7 Å². The van der Waals surface area contributed by atoms with Gasteiger partial charge >= 0.3 is 5.69 Å². The monoisotopic (exact) mass is 459 g/mol. The van der Waals surface area contributed by atoms with Crippen LogP contribution in [0.25, 0.3) is 11.0 Å². The maximum absolute atomic E-state index is 13.7. The highest BCUT2D eigenvalue weighted by molar-refractivity contribution is 7.90. The third-order valence-electron chi connectivity index (χ3n) is 6.10. The molecule has 1 saturated carbocycles. The van der Waals surface area contributed by atoms with Crippen molar-refractivity contribution in [2.45, 2.75) is 50.5 Å². The van der Waals surface area contributed by atoms with Crippen molar-refractivity contribution in [3.63, 3.8) is 0 Å². The number of methoxy groups -OCH3 is 1. The van der Waals surface area contributed by atoms with E-state index in [1.165, 1.54) is 25.3 Å². The Morgan fingerprint density at radius 3 is 2.59 bits per heavy atom. The van der Waals surface area contributed by atoms with E-state index < -0.39 is 15.7 Å². The van der Waals surface area contributed by atoms with Crippen LogP contribution < -0.4 is 20.9 Å². The molecule has 1 aliphatic rings. The Morgan fingerprint density at radius 2 is 1.91 bits per heavy atom.